The molecule has 0 aliphatic heterocycles. The molecule has 2 aromatic heterocycles. The first kappa shape index (κ1) is 19.5. The maximum Gasteiger partial charge on any atom is 0.234 e. The van der Waals surface area contributed by atoms with E-state index < -0.39 is 0 Å². The van der Waals surface area contributed by atoms with Gasteiger partial charge in [0.1, 0.15) is 11.6 Å². The number of halogens is 2. The summed E-state index contributed by atoms with van der Waals surface area (Å²) in [5.74, 6) is 0.0920. The zero-order chi connectivity index (χ0) is 19.4. The predicted molar refractivity (Wildman–Crippen MR) is 102 cm³/mol. The number of nitriles is 1. The van der Waals surface area contributed by atoms with Crippen molar-refractivity contribution in [3.05, 3.63) is 51.7 Å². The molecule has 0 spiro atoms. The van der Waals surface area contributed by atoms with Gasteiger partial charge in [-0.2, -0.15) is 10.2 Å². The second-order valence-corrected chi connectivity index (χ2v) is 6.65. The lowest BCUT2D eigenvalue weighted by molar-refractivity contribution is -0.107. The molecule has 9 heteroatoms. The van der Waals surface area contributed by atoms with E-state index in [2.05, 4.69) is 15.0 Å². The predicted octanol–water partition coefficient (Wildman–Crippen LogP) is 3.60. The average Bonchev–Trinajstić information content (AvgIpc) is 3.08. The van der Waals surface area contributed by atoms with Crippen molar-refractivity contribution in [3.8, 4) is 6.07 Å². The molecule has 3 aromatic rings. The summed E-state index contributed by atoms with van der Waals surface area (Å²) in [6, 6.07) is 7.39. The van der Waals surface area contributed by atoms with Crippen molar-refractivity contribution in [2.45, 2.75) is 25.7 Å². The highest BCUT2D eigenvalue weighted by Crippen LogP contribution is 2.25. The largest absolute Gasteiger partial charge is 0.356 e. The molecule has 0 aliphatic rings. The Hall–Kier alpha value is -2.24. The van der Waals surface area contributed by atoms with Crippen LogP contribution in [0.15, 0.2) is 24.5 Å². The van der Waals surface area contributed by atoms with Gasteiger partial charge in [0.2, 0.25) is 5.82 Å². The van der Waals surface area contributed by atoms with Crippen LogP contribution in [0.25, 0.3) is 11.2 Å². The van der Waals surface area contributed by atoms with Gasteiger partial charge >= 0.3 is 0 Å². The van der Waals surface area contributed by atoms with Crippen LogP contribution in [-0.4, -0.2) is 40.0 Å². The number of fused-ring (bicyclic) bond motifs is 1. The maximum atomic E-state index is 9.31. The lowest BCUT2D eigenvalue weighted by Gasteiger charge is -2.13. The summed E-state index contributed by atoms with van der Waals surface area (Å²) in [6.45, 7) is 0.580. The Morgan fingerprint density at radius 2 is 1.96 bits per heavy atom. The lowest BCUT2D eigenvalue weighted by Crippen LogP contribution is -2.16. The van der Waals surface area contributed by atoms with Crippen molar-refractivity contribution in [1.82, 2.24) is 19.5 Å². The maximum absolute atomic E-state index is 9.31. The molecule has 0 unspecified atom stereocenters. The minimum Gasteiger partial charge on any atom is -0.356 e. The van der Waals surface area contributed by atoms with Crippen LogP contribution in [0.5, 0.6) is 0 Å². The summed E-state index contributed by atoms with van der Waals surface area (Å²) in [7, 11) is 3.18. The number of hydrogen-bond acceptors (Lipinski definition) is 6. The number of rotatable bonds is 7. The molecule has 0 aliphatic carbocycles. The number of hydrogen-bond donors (Lipinski definition) is 0. The summed E-state index contributed by atoms with van der Waals surface area (Å²) < 4.78 is 12.3. The van der Waals surface area contributed by atoms with Gasteiger partial charge in [-0.25, -0.2) is 9.97 Å². The molecule has 2 heterocycles. The number of imidazole rings is 1. The minimum atomic E-state index is -0.324. The van der Waals surface area contributed by atoms with Crippen LogP contribution in [0.1, 0.15) is 23.5 Å². The third-order valence-electron chi connectivity index (χ3n) is 4.12. The normalized spacial score (nSPS) is 11.3. The van der Waals surface area contributed by atoms with E-state index in [-0.39, 0.29) is 12.1 Å². The molecule has 3 rings (SSSR count). The highest BCUT2D eigenvalue weighted by molar-refractivity contribution is 6.42. The van der Waals surface area contributed by atoms with Crippen LogP contribution in [0, 0.1) is 11.3 Å². The molecule has 0 N–H and O–H groups in total. The summed E-state index contributed by atoms with van der Waals surface area (Å²) in [6.07, 6.45) is 2.43. The molecule has 0 atom stereocenters. The van der Waals surface area contributed by atoms with Crippen molar-refractivity contribution in [2.75, 3.05) is 14.2 Å². The van der Waals surface area contributed by atoms with E-state index in [1.54, 1.807) is 32.7 Å². The van der Waals surface area contributed by atoms with Crippen LogP contribution in [0.4, 0.5) is 0 Å². The molecule has 0 amide bonds. The molecule has 0 fully saturated rings. The van der Waals surface area contributed by atoms with Crippen molar-refractivity contribution in [1.29, 1.82) is 5.26 Å². The highest BCUT2D eigenvalue weighted by atomic mass is 35.5. The fraction of sp³-hybridized carbons (Fsp3) is 0.333. The van der Waals surface area contributed by atoms with E-state index in [0.29, 0.717) is 46.3 Å². The second kappa shape index (κ2) is 8.63. The van der Waals surface area contributed by atoms with Crippen LogP contribution in [0.3, 0.4) is 0 Å². The van der Waals surface area contributed by atoms with Gasteiger partial charge in [0.25, 0.3) is 0 Å². The topological polar surface area (TPSA) is 85.9 Å². The smallest absolute Gasteiger partial charge is 0.234 e. The first-order chi connectivity index (χ1) is 13.0. The van der Waals surface area contributed by atoms with E-state index in [1.165, 1.54) is 0 Å². The zero-order valence-electron chi connectivity index (χ0n) is 14.8. The fourth-order valence-electron chi connectivity index (χ4n) is 2.76. The van der Waals surface area contributed by atoms with Crippen LogP contribution < -0.4 is 0 Å². The van der Waals surface area contributed by atoms with E-state index in [0.717, 1.165) is 5.56 Å². The average molecular weight is 406 g/mol. The molecular formula is C18H17Cl2N5O2. The minimum absolute atomic E-state index is 0.0920. The molecule has 27 heavy (non-hydrogen) atoms. The molecular weight excluding hydrogens is 389 g/mol. The third kappa shape index (κ3) is 4.37. The van der Waals surface area contributed by atoms with E-state index in [4.69, 9.17) is 32.7 Å². The first-order valence-electron chi connectivity index (χ1n) is 8.17. The third-order valence-corrected chi connectivity index (χ3v) is 4.86. The Balaban J connectivity index is 1.95. The standard InChI is InChI=1S/C18H17Cl2N5O2/c1-26-16(27-2)5-6-25-10-22-17-14(23-15(9-21)24-18(17)25)8-11-3-4-12(19)13(20)7-11/h3-4,7,10,16H,5-6,8H2,1-2H3. The summed E-state index contributed by atoms with van der Waals surface area (Å²) in [5.41, 5.74) is 2.82. The first-order valence-corrected chi connectivity index (χ1v) is 8.92. The Morgan fingerprint density at radius 3 is 2.63 bits per heavy atom. The van der Waals surface area contributed by atoms with Gasteiger partial charge in [0, 0.05) is 33.6 Å². The van der Waals surface area contributed by atoms with E-state index in [9.17, 15) is 5.26 Å². The molecule has 0 saturated carbocycles. The van der Waals surface area contributed by atoms with Crippen molar-refractivity contribution >= 4 is 34.4 Å². The summed E-state index contributed by atoms with van der Waals surface area (Å²) in [4.78, 5) is 13.1. The van der Waals surface area contributed by atoms with Crippen molar-refractivity contribution in [3.63, 3.8) is 0 Å². The van der Waals surface area contributed by atoms with Crippen LogP contribution in [-0.2, 0) is 22.4 Å². The van der Waals surface area contributed by atoms with Gasteiger partial charge in [-0.3, -0.25) is 0 Å². The quantitative estimate of drug-likeness (QED) is 0.558. The van der Waals surface area contributed by atoms with Gasteiger partial charge in [-0.05, 0) is 17.7 Å². The monoisotopic (exact) mass is 405 g/mol. The number of aryl methyl sites for hydroxylation is 1. The van der Waals surface area contributed by atoms with Gasteiger partial charge < -0.3 is 14.0 Å². The summed E-state index contributed by atoms with van der Waals surface area (Å²) in [5, 5.41) is 10.3. The zero-order valence-corrected chi connectivity index (χ0v) is 16.3. The highest BCUT2D eigenvalue weighted by Gasteiger charge is 2.15. The number of methoxy groups -OCH3 is 2. The number of benzene rings is 1. The Bertz CT molecular complexity index is 995. The number of ether oxygens (including phenoxy) is 2. The van der Waals surface area contributed by atoms with Gasteiger partial charge in [-0.15, -0.1) is 0 Å². The Labute approximate surface area is 166 Å². The molecule has 0 saturated heterocycles. The Kier molecular flexibility index (Phi) is 6.24. The lowest BCUT2D eigenvalue weighted by atomic mass is 10.1. The molecule has 0 radical (unpaired) electrons. The SMILES string of the molecule is COC(CCn1cnc2c(Cc3ccc(Cl)c(Cl)c3)nc(C#N)nc21)OC. The number of nitrogens with zero attached hydrogens (tertiary/aromatic N) is 5. The molecule has 7 nitrogen and oxygen atoms in total. The van der Waals surface area contributed by atoms with Gasteiger partial charge in [0.15, 0.2) is 11.9 Å². The van der Waals surface area contributed by atoms with Crippen LogP contribution >= 0.6 is 23.2 Å². The Morgan fingerprint density at radius 1 is 1.19 bits per heavy atom. The molecule has 1 aromatic carbocycles. The second-order valence-electron chi connectivity index (χ2n) is 5.83. The van der Waals surface area contributed by atoms with Crippen LogP contribution in [0.2, 0.25) is 10.0 Å². The molecule has 140 valence electrons. The fourth-order valence-corrected chi connectivity index (χ4v) is 3.08. The molecule has 0 bridgehead atoms. The van der Waals surface area contributed by atoms with Crippen molar-refractivity contribution in [2.24, 2.45) is 0 Å². The van der Waals surface area contributed by atoms with E-state index in [1.807, 2.05) is 16.7 Å². The van der Waals surface area contributed by atoms with Gasteiger partial charge in [-0.1, -0.05) is 29.3 Å². The van der Waals surface area contributed by atoms with Gasteiger partial charge in [0.05, 0.1) is 22.1 Å². The van der Waals surface area contributed by atoms with Crippen molar-refractivity contribution < 1.29 is 9.47 Å². The summed E-state index contributed by atoms with van der Waals surface area (Å²) >= 11 is 12.1. The van der Waals surface area contributed by atoms with E-state index >= 15 is 0 Å². The number of aromatic nitrogens is 4.